The van der Waals surface area contributed by atoms with Crippen LogP contribution in [0.25, 0.3) is 0 Å². The molecule has 110 valence electrons. The number of nitrogens with zero attached hydrogens (tertiary/aromatic N) is 2. The van der Waals surface area contributed by atoms with Crippen LogP contribution in [0.2, 0.25) is 0 Å². The van der Waals surface area contributed by atoms with Crippen LogP contribution >= 0.6 is 11.3 Å². The molecule has 0 amide bonds. The summed E-state index contributed by atoms with van der Waals surface area (Å²) in [5, 5.41) is 1.04. The number of thiazole rings is 1. The van der Waals surface area contributed by atoms with E-state index in [1.807, 2.05) is 6.92 Å². The molecule has 0 spiro atoms. The summed E-state index contributed by atoms with van der Waals surface area (Å²) in [5.74, 6) is -0.277. The van der Waals surface area contributed by atoms with E-state index in [0.29, 0.717) is 6.61 Å². The molecule has 1 unspecified atom stereocenters. The number of anilines is 1. The van der Waals surface area contributed by atoms with Gasteiger partial charge in [-0.1, -0.05) is 0 Å². The van der Waals surface area contributed by atoms with Crippen LogP contribution in [0.3, 0.4) is 0 Å². The number of esters is 1. The molecule has 20 heavy (non-hydrogen) atoms. The van der Waals surface area contributed by atoms with Gasteiger partial charge in [0.05, 0.1) is 18.9 Å². The SMILES string of the molecule is CCOC(=O)C1CCc2sc(N3CCCOCC3)nc21. The zero-order chi connectivity index (χ0) is 13.9. The molecule has 0 N–H and O–H groups in total. The maximum absolute atomic E-state index is 12.0. The monoisotopic (exact) mass is 296 g/mol. The van der Waals surface area contributed by atoms with Gasteiger partial charge in [0.1, 0.15) is 5.92 Å². The number of aromatic nitrogens is 1. The van der Waals surface area contributed by atoms with Gasteiger partial charge in [0.2, 0.25) is 0 Å². The second kappa shape index (κ2) is 6.10. The van der Waals surface area contributed by atoms with Gasteiger partial charge in [-0.05, 0) is 26.2 Å². The van der Waals surface area contributed by atoms with Gasteiger partial charge < -0.3 is 14.4 Å². The summed E-state index contributed by atoms with van der Waals surface area (Å²) in [7, 11) is 0. The van der Waals surface area contributed by atoms with E-state index in [-0.39, 0.29) is 11.9 Å². The highest BCUT2D eigenvalue weighted by atomic mass is 32.1. The molecular weight excluding hydrogens is 276 g/mol. The fraction of sp³-hybridized carbons (Fsp3) is 0.714. The largest absolute Gasteiger partial charge is 0.465 e. The minimum atomic E-state index is -0.154. The van der Waals surface area contributed by atoms with Crippen molar-refractivity contribution in [2.45, 2.75) is 32.1 Å². The molecule has 0 radical (unpaired) electrons. The second-order valence-corrected chi connectivity index (χ2v) is 6.16. The normalized spacial score (nSPS) is 22.4. The molecule has 1 aromatic rings. The van der Waals surface area contributed by atoms with Gasteiger partial charge in [-0.3, -0.25) is 4.79 Å². The Balaban J connectivity index is 1.77. The summed E-state index contributed by atoms with van der Waals surface area (Å²) < 4.78 is 10.6. The van der Waals surface area contributed by atoms with E-state index in [1.54, 1.807) is 11.3 Å². The van der Waals surface area contributed by atoms with Crippen LogP contribution in [0.15, 0.2) is 0 Å². The predicted octanol–water partition coefficient (Wildman–Crippen LogP) is 1.96. The van der Waals surface area contributed by atoms with E-state index < -0.39 is 0 Å². The first-order valence-corrected chi connectivity index (χ1v) is 8.10. The summed E-state index contributed by atoms with van der Waals surface area (Å²) in [6.45, 7) is 5.73. The first-order chi connectivity index (χ1) is 9.79. The molecule has 1 aromatic heterocycles. The van der Waals surface area contributed by atoms with Crippen LogP contribution < -0.4 is 4.90 Å². The molecule has 1 saturated heterocycles. The lowest BCUT2D eigenvalue weighted by molar-refractivity contribution is -0.145. The molecule has 1 aliphatic carbocycles. The average Bonchev–Trinajstić information content (AvgIpc) is 2.89. The Morgan fingerprint density at radius 2 is 2.40 bits per heavy atom. The van der Waals surface area contributed by atoms with Crippen LogP contribution in [0.1, 0.15) is 36.3 Å². The van der Waals surface area contributed by atoms with Gasteiger partial charge in [-0.2, -0.15) is 0 Å². The number of fused-ring (bicyclic) bond motifs is 1. The molecule has 1 aliphatic heterocycles. The maximum Gasteiger partial charge on any atom is 0.315 e. The van der Waals surface area contributed by atoms with Gasteiger partial charge >= 0.3 is 5.97 Å². The van der Waals surface area contributed by atoms with E-state index in [4.69, 9.17) is 14.5 Å². The molecule has 5 nitrogen and oxygen atoms in total. The van der Waals surface area contributed by atoms with Crippen molar-refractivity contribution in [3.8, 4) is 0 Å². The Hall–Kier alpha value is -1.14. The van der Waals surface area contributed by atoms with E-state index in [1.165, 1.54) is 4.88 Å². The topological polar surface area (TPSA) is 51.7 Å². The Labute approximate surface area is 122 Å². The Morgan fingerprint density at radius 1 is 1.50 bits per heavy atom. The fourth-order valence-corrected chi connectivity index (χ4v) is 3.95. The Kier molecular flexibility index (Phi) is 4.21. The van der Waals surface area contributed by atoms with Crippen molar-refractivity contribution < 1.29 is 14.3 Å². The molecule has 1 fully saturated rings. The maximum atomic E-state index is 12.0. The van der Waals surface area contributed by atoms with Crippen LogP contribution in [0.5, 0.6) is 0 Å². The molecular formula is C14H20N2O3S. The first-order valence-electron chi connectivity index (χ1n) is 7.28. The number of hydrogen-bond donors (Lipinski definition) is 0. The summed E-state index contributed by atoms with van der Waals surface area (Å²) >= 11 is 1.73. The standard InChI is InChI=1S/C14H20N2O3S/c1-2-19-13(17)10-4-5-11-12(10)15-14(20-11)16-6-3-8-18-9-7-16/h10H,2-9H2,1H3. The van der Waals surface area contributed by atoms with E-state index in [0.717, 1.165) is 56.4 Å². The molecule has 2 aliphatic rings. The average molecular weight is 296 g/mol. The zero-order valence-electron chi connectivity index (χ0n) is 11.8. The predicted molar refractivity (Wildman–Crippen MR) is 77.5 cm³/mol. The van der Waals surface area contributed by atoms with E-state index >= 15 is 0 Å². The number of hydrogen-bond acceptors (Lipinski definition) is 6. The molecule has 0 aromatic carbocycles. The Bertz CT molecular complexity index is 481. The molecule has 0 saturated carbocycles. The summed E-state index contributed by atoms with van der Waals surface area (Å²) in [4.78, 5) is 20.2. The van der Waals surface area contributed by atoms with Crippen molar-refractivity contribution >= 4 is 22.4 Å². The molecule has 1 atom stereocenters. The molecule has 2 heterocycles. The van der Waals surface area contributed by atoms with Crippen molar-refractivity contribution in [2.24, 2.45) is 0 Å². The highest BCUT2D eigenvalue weighted by molar-refractivity contribution is 7.15. The minimum absolute atomic E-state index is 0.123. The van der Waals surface area contributed by atoms with Crippen molar-refractivity contribution in [3.63, 3.8) is 0 Å². The number of carbonyl (C=O) groups excluding carboxylic acids is 1. The van der Waals surface area contributed by atoms with Crippen molar-refractivity contribution in [2.75, 3.05) is 37.8 Å². The number of rotatable bonds is 3. The molecule has 3 rings (SSSR count). The van der Waals surface area contributed by atoms with Crippen molar-refractivity contribution in [3.05, 3.63) is 10.6 Å². The highest BCUT2D eigenvalue weighted by Crippen LogP contribution is 2.40. The third kappa shape index (κ3) is 2.67. The van der Waals surface area contributed by atoms with E-state index in [2.05, 4.69) is 4.90 Å². The summed E-state index contributed by atoms with van der Waals surface area (Å²) in [6, 6.07) is 0. The van der Waals surface area contributed by atoms with Gasteiger partial charge in [0.15, 0.2) is 5.13 Å². The van der Waals surface area contributed by atoms with Crippen molar-refractivity contribution in [1.82, 2.24) is 4.98 Å². The molecule has 0 bridgehead atoms. The lowest BCUT2D eigenvalue weighted by Gasteiger charge is -2.18. The van der Waals surface area contributed by atoms with Gasteiger partial charge in [-0.25, -0.2) is 4.98 Å². The summed E-state index contributed by atoms with van der Waals surface area (Å²) in [6.07, 6.45) is 2.82. The smallest absolute Gasteiger partial charge is 0.315 e. The zero-order valence-corrected chi connectivity index (χ0v) is 12.6. The number of ether oxygens (including phenoxy) is 2. The highest BCUT2D eigenvalue weighted by Gasteiger charge is 2.34. The quantitative estimate of drug-likeness (QED) is 0.798. The number of aryl methyl sites for hydroxylation is 1. The second-order valence-electron chi connectivity index (χ2n) is 5.10. The van der Waals surface area contributed by atoms with E-state index in [9.17, 15) is 4.79 Å². The third-order valence-electron chi connectivity index (χ3n) is 3.77. The van der Waals surface area contributed by atoms with Gasteiger partial charge in [0, 0.05) is 24.6 Å². The first kappa shape index (κ1) is 13.8. The van der Waals surface area contributed by atoms with Gasteiger partial charge in [0.25, 0.3) is 0 Å². The molecule has 6 heteroatoms. The van der Waals surface area contributed by atoms with Crippen LogP contribution in [-0.4, -0.2) is 43.9 Å². The summed E-state index contributed by atoms with van der Waals surface area (Å²) in [5.41, 5.74) is 0.952. The fourth-order valence-electron chi connectivity index (χ4n) is 2.76. The lowest BCUT2D eigenvalue weighted by Crippen LogP contribution is -2.26. The lowest BCUT2D eigenvalue weighted by atomic mass is 10.1. The van der Waals surface area contributed by atoms with Gasteiger partial charge in [-0.15, -0.1) is 11.3 Å². The van der Waals surface area contributed by atoms with Crippen LogP contribution in [0.4, 0.5) is 5.13 Å². The van der Waals surface area contributed by atoms with Crippen molar-refractivity contribution in [1.29, 1.82) is 0 Å². The minimum Gasteiger partial charge on any atom is -0.465 e. The van der Waals surface area contributed by atoms with Crippen LogP contribution in [-0.2, 0) is 20.7 Å². The Morgan fingerprint density at radius 3 is 3.25 bits per heavy atom. The third-order valence-corrected chi connectivity index (χ3v) is 4.96. The number of carbonyl (C=O) groups is 1. The van der Waals surface area contributed by atoms with Crippen LogP contribution in [0, 0.1) is 0 Å².